The molecule has 0 aliphatic carbocycles. The zero-order valence-electron chi connectivity index (χ0n) is 7.31. The molecule has 0 aromatic heterocycles. The first kappa shape index (κ1) is 9.43. The summed E-state index contributed by atoms with van der Waals surface area (Å²) in [6, 6.07) is 0. The maximum atomic E-state index is 2.37. The average Bonchev–Trinajstić information content (AvgIpc) is 1.63. The topological polar surface area (TPSA) is 0 Å². The summed E-state index contributed by atoms with van der Waals surface area (Å²) in [4.78, 5) is 0. The summed E-state index contributed by atoms with van der Waals surface area (Å²) in [6.45, 7) is 11.7. The van der Waals surface area contributed by atoms with Gasteiger partial charge in [-0.05, 0) is 31.3 Å². The standard InChI is InChI=1S/C8H19P/c1-7(2)6-8(3)9(4)5/h7-8H,6H2,1-5H3. The summed E-state index contributed by atoms with van der Waals surface area (Å²) in [6.07, 6.45) is 1.40. The van der Waals surface area contributed by atoms with Crippen LogP contribution >= 0.6 is 7.92 Å². The first-order valence-corrected chi connectivity index (χ1v) is 6.01. The van der Waals surface area contributed by atoms with E-state index in [1.54, 1.807) is 0 Å². The second-order valence-electron chi connectivity index (χ2n) is 3.44. The van der Waals surface area contributed by atoms with Gasteiger partial charge < -0.3 is 0 Å². The van der Waals surface area contributed by atoms with Crippen LogP contribution in [0, 0.1) is 5.92 Å². The summed E-state index contributed by atoms with van der Waals surface area (Å²) < 4.78 is 0. The summed E-state index contributed by atoms with van der Waals surface area (Å²) in [5.41, 5.74) is 0.958. The Balaban J connectivity index is 3.38. The molecule has 0 aromatic carbocycles. The number of hydrogen-bond donors (Lipinski definition) is 0. The van der Waals surface area contributed by atoms with E-state index >= 15 is 0 Å². The van der Waals surface area contributed by atoms with E-state index in [2.05, 4.69) is 34.1 Å². The molecule has 0 fully saturated rings. The molecule has 1 atom stereocenters. The molecule has 0 saturated carbocycles. The zero-order valence-corrected chi connectivity index (χ0v) is 8.20. The van der Waals surface area contributed by atoms with Gasteiger partial charge in [0.1, 0.15) is 0 Å². The fraction of sp³-hybridized carbons (Fsp3) is 1.00. The summed E-state index contributed by atoms with van der Waals surface area (Å²) >= 11 is 0. The van der Waals surface area contributed by atoms with Crippen molar-refractivity contribution in [2.75, 3.05) is 13.3 Å². The molecule has 0 N–H and O–H groups in total. The third-order valence-corrected chi connectivity index (χ3v) is 3.67. The smallest absolute Gasteiger partial charge is 0.0240 e. The van der Waals surface area contributed by atoms with Crippen LogP contribution in [-0.2, 0) is 0 Å². The van der Waals surface area contributed by atoms with Crippen molar-refractivity contribution < 1.29 is 0 Å². The Hall–Kier alpha value is 0.430. The van der Waals surface area contributed by atoms with Crippen molar-refractivity contribution in [3.05, 3.63) is 0 Å². The van der Waals surface area contributed by atoms with Gasteiger partial charge in [0.15, 0.2) is 0 Å². The lowest BCUT2D eigenvalue weighted by atomic mass is 10.1. The molecule has 0 spiro atoms. The van der Waals surface area contributed by atoms with Gasteiger partial charge in [-0.25, -0.2) is 0 Å². The van der Waals surface area contributed by atoms with Crippen molar-refractivity contribution in [2.45, 2.75) is 32.9 Å². The largest absolute Gasteiger partial charge is 0.110 e. The van der Waals surface area contributed by atoms with Gasteiger partial charge in [-0.15, -0.1) is 7.92 Å². The molecule has 0 heterocycles. The molecule has 9 heavy (non-hydrogen) atoms. The Labute approximate surface area is 60.8 Å². The van der Waals surface area contributed by atoms with Crippen LogP contribution in [0.2, 0.25) is 0 Å². The fourth-order valence-corrected chi connectivity index (χ4v) is 1.74. The predicted octanol–water partition coefficient (Wildman–Crippen LogP) is 3.16. The fourth-order valence-electron chi connectivity index (χ4n) is 0.893. The van der Waals surface area contributed by atoms with Crippen LogP contribution in [0.3, 0.4) is 0 Å². The van der Waals surface area contributed by atoms with Gasteiger partial charge in [0.2, 0.25) is 0 Å². The Morgan fingerprint density at radius 3 is 1.67 bits per heavy atom. The Bertz CT molecular complexity index is 67.0. The van der Waals surface area contributed by atoms with Crippen LogP contribution in [-0.4, -0.2) is 19.0 Å². The van der Waals surface area contributed by atoms with Crippen LogP contribution in [0.4, 0.5) is 0 Å². The highest BCUT2D eigenvalue weighted by atomic mass is 31.1. The molecule has 0 saturated heterocycles. The lowest BCUT2D eigenvalue weighted by molar-refractivity contribution is 0.581. The minimum absolute atomic E-state index is 0.306. The molecule has 0 bridgehead atoms. The Morgan fingerprint density at radius 2 is 1.56 bits per heavy atom. The average molecular weight is 146 g/mol. The Morgan fingerprint density at radius 1 is 1.11 bits per heavy atom. The van der Waals surface area contributed by atoms with E-state index in [9.17, 15) is 0 Å². The van der Waals surface area contributed by atoms with Crippen LogP contribution in [0.5, 0.6) is 0 Å². The van der Waals surface area contributed by atoms with Gasteiger partial charge in [0.25, 0.3) is 0 Å². The lowest BCUT2D eigenvalue weighted by Crippen LogP contribution is -2.02. The maximum Gasteiger partial charge on any atom is -0.0240 e. The van der Waals surface area contributed by atoms with Gasteiger partial charge in [-0.1, -0.05) is 20.8 Å². The van der Waals surface area contributed by atoms with Crippen LogP contribution in [0.15, 0.2) is 0 Å². The number of rotatable bonds is 3. The highest BCUT2D eigenvalue weighted by Gasteiger charge is 2.07. The van der Waals surface area contributed by atoms with E-state index in [-0.39, 0.29) is 0 Å². The SMILES string of the molecule is CC(C)CC(C)P(C)C. The highest BCUT2D eigenvalue weighted by molar-refractivity contribution is 7.56. The minimum atomic E-state index is 0.306. The molecule has 0 aliphatic heterocycles. The molecule has 0 nitrogen and oxygen atoms in total. The third kappa shape index (κ3) is 4.90. The molecular weight excluding hydrogens is 127 g/mol. The van der Waals surface area contributed by atoms with Crippen LogP contribution in [0.1, 0.15) is 27.2 Å². The molecule has 0 aromatic rings. The van der Waals surface area contributed by atoms with Gasteiger partial charge in [-0.2, -0.15) is 0 Å². The van der Waals surface area contributed by atoms with Crippen molar-refractivity contribution in [2.24, 2.45) is 5.92 Å². The zero-order chi connectivity index (χ0) is 7.44. The van der Waals surface area contributed by atoms with E-state index in [0.29, 0.717) is 7.92 Å². The maximum absolute atomic E-state index is 2.37. The molecule has 0 radical (unpaired) electrons. The molecule has 0 aliphatic rings. The van der Waals surface area contributed by atoms with Crippen molar-refractivity contribution in [3.63, 3.8) is 0 Å². The molecule has 1 unspecified atom stereocenters. The monoisotopic (exact) mass is 146 g/mol. The summed E-state index contributed by atoms with van der Waals surface area (Å²) in [5.74, 6) is 0.880. The van der Waals surface area contributed by atoms with Crippen molar-refractivity contribution >= 4 is 7.92 Å². The van der Waals surface area contributed by atoms with Crippen molar-refractivity contribution in [1.82, 2.24) is 0 Å². The van der Waals surface area contributed by atoms with E-state index in [1.807, 2.05) is 0 Å². The van der Waals surface area contributed by atoms with E-state index in [4.69, 9.17) is 0 Å². The lowest BCUT2D eigenvalue weighted by Gasteiger charge is -2.17. The van der Waals surface area contributed by atoms with Crippen molar-refractivity contribution in [3.8, 4) is 0 Å². The normalized spacial score (nSPS) is 15.0. The van der Waals surface area contributed by atoms with Gasteiger partial charge in [-0.3, -0.25) is 0 Å². The molecule has 0 rings (SSSR count). The van der Waals surface area contributed by atoms with E-state index in [0.717, 1.165) is 11.6 Å². The summed E-state index contributed by atoms with van der Waals surface area (Å²) in [7, 11) is 0.306. The van der Waals surface area contributed by atoms with Crippen LogP contribution in [0.25, 0.3) is 0 Å². The summed E-state index contributed by atoms with van der Waals surface area (Å²) in [5, 5.41) is 0. The molecular formula is C8H19P. The molecule has 1 heteroatoms. The Kier molecular flexibility index (Phi) is 4.48. The predicted molar refractivity (Wildman–Crippen MR) is 47.7 cm³/mol. The van der Waals surface area contributed by atoms with Crippen molar-refractivity contribution in [1.29, 1.82) is 0 Å². The highest BCUT2D eigenvalue weighted by Crippen LogP contribution is 2.35. The third-order valence-electron chi connectivity index (χ3n) is 1.69. The second-order valence-corrected chi connectivity index (χ2v) is 6.25. The second kappa shape index (κ2) is 4.28. The van der Waals surface area contributed by atoms with Gasteiger partial charge in [0, 0.05) is 0 Å². The van der Waals surface area contributed by atoms with E-state index in [1.165, 1.54) is 6.42 Å². The first-order chi connectivity index (χ1) is 4.04. The van der Waals surface area contributed by atoms with E-state index < -0.39 is 0 Å². The van der Waals surface area contributed by atoms with Gasteiger partial charge >= 0.3 is 0 Å². The first-order valence-electron chi connectivity index (χ1n) is 3.70. The van der Waals surface area contributed by atoms with Gasteiger partial charge in [0.05, 0.1) is 0 Å². The van der Waals surface area contributed by atoms with Crippen LogP contribution < -0.4 is 0 Å². The molecule has 56 valence electrons. The quantitative estimate of drug-likeness (QED) is 0.536. The number of hydrogen-bond acceptors (Lipinski definition) is 0. The minimum Gasteiger partial charge on any atom is -0.110 e. The molecule has 0 amide bonds.